The van der Waals surface area contributed by atoms with E-state index in [0.29, 0.717) is 4.58 Å². The van der Waals surface area contributed by atoms with Gasteiger partial charge < -0.3 is 0 Å². The minimum absolute atomic E-state index is 0.670. The van der Waals surface area contributed by atoms with E-state index in [1.54, 1.807) is 0 Å². The van der Waals surface area contributed by atoms with Gasteiger partial charge in [0.15, 0.2) is 0 Å². The standard InChI is InChI=1S/C12H14S3/c1-2-7-13-11-5-3-10(4-6-11)12-14-8-9-15-12/h2-6,12H,1,7-9H2. The molecule has 0 bridgehead atoms. The third-order valence-electron chi connectivity index (χ3n) is 2.14. The van der Waals surface area contributed by atoms with E-state index < -0.39 is 0 Å². The van der Waals surface area contributed by atoms with Crippen molar-refractivity contribution in [1.82, 2.24) is 0 Å². The summed E-state index contributed by atoms with van der Waals surface area (Å²) in [7, 11) is 0. The summed E-state index contributed by atoms with van der Waals surface area (Å²) < 4.78 is 0.670. The van der Waals surface area contributed by atoms with Crippen LogP contribution >= 0.6 is 35.3 Å². The Hall–Kier alpha value is 0.01000. The Morgan fingerprint density at radius 3 is 2.53 bits per heavy atom. The van der Waals surface area contributed by atoms with Gasteiger partial charge in [0.05, 0.1) is 4.58 Å². The zero-order valence-electron chi connectivity index (χ0n) is 8.52. The van der Waals surface area contributed by atoms with Gasteiger partial charge in [0.25, 0.3) is 0 Å². The molecule has 15 heavy (non-hydrogen) atoms. The Balaban J connectivity index is 1.99. The van der Waals surface area contributed by atoms with Gasteiger partial charge in [-0.25, -0.2) is 0 Å². The summed E-state index contributed by atoms with van der Waals surface area (Å²) >= 11 is 5.96. The predicted molar refractivity (Wildman–Crippen MR) is 75.0 cm³/mol. The van der Waals surface area contributed by atoms with Gasteiger partial charge in [-0.05, 0) is 17.7 Å². The van der Waals surface area contributed by atoms with Crippen molar-refractivity contribution in [3.63, 3.8) is 0 Å². The average Bonchev–Trinajstić information content (AvgIpc) is 2.80. The Labute approximate surface area is 104 Å². The van der Waals surface area contributed by atoms with E-state index in [2.05, 4.69) is 54.4 Å². The number of benzene rings is 1. The maximum atomic E-state index is 3.73. The summed E-state index contributed by atoms with van der Waals surface area (Å²) in [4.78, 5) is 1.34. The van der Waals surface area contributed by atoms with Crippen molar-refractivity contribution in [2.24, 2.45) is 0 Å². The average molecular weight is 254 g/mol. The zero-order chi connectivity index (χ0) is 10.5. The van der Waals surface area contributed by atoms with Crippen LogP contribution in [0.3, 0.4) is 0 Å². The summed E-state index contributed by atoms with van der Waals surface area (Å²) in [6.45, 7) is 3.73. The third kappa shape index (κ3) is 3.23. The second-order valence-electron chi connectivity index (χ2n) is 3.24. The third-order valence-corrected chi connectivity index (χ3v) is 6.25. The van der Waals surface area contributed by atoms with Crippen LogP contribution in [0.2, 0.25) is 0 Å². The van der Waals surface area contributed by atoms with E-state index in [4.69, 9.17) is 0 Å². The highest BCUT2D eigenvalue weighted by molar-refractivity contribution is 8.19. The molecule has 0 unspecified atom stereocenters. The normalized spacial score (nSPS) is 16.8. The van der Waals surface area contributed by atoms with Crippen LogP contribution in [-0.2, 0) is 0 Å². The van der Waals surface area contributed by atoms with Gasteiger partial charge in [0.1, 0.15) is 0 Å². The molecule has 0 atom stereocenters. The van der Waals surface area contributed by atoms with Crippen LogP contribution < -0.4 is 0 Å². The van der Waals surface area contributed by atoms with Crippen molar-refractivity contribution in [3.8, 4) is 0 Å². The van der Waals surface area contributed by atoms with Crippen LogP contribution in [0.5, 0.6) is 0 Å². The Morgan fingerprint density at radius 1 is 1.27 bits per heavy atom. The molecule has 1 aliphatic heterocycles. The SMILES string of the molecule is C=CCSc1ccc(C2SCCS2)cc1. The van der Waals surface area contributed by atoms with Gasteiger partial charge in [0.2, 0.25) is 0 Å². The van der Waals surface area contributed by atoms with Crippen molar-refractivity contribution >= 4 is 35.3 Å². The molecule has 0 N–H and O–H groups in total. The minimum Gasteiger partial charge on any atom is -0.142 e. The quantitative estimate of drug-likeness (QED) is 0.576. The molecule has 3 heteroatoms. The molecule has 1 aromatic carbocycles. The van der Waals surface area contributed by atoms with Crippen molar-refractivity contribution in [2.45, 2.75) is 9.48 Å². The molecular formula is C12H14S3. The van der Waals surface area contributed by atoms with Gasteiger partial charge in [-0.1, -0.05) is 18.2 Å². The highest BCUT2D eigenvalue weighted by atomic mass is 32.2. The van der Waals surface area contributed by atoms with Gasteiger partial charge in [-0.15, -0.1) is 41.9 Å². The molecule has 0 nitrogen and oxygen atoms in total. The predicted octanol–water partition coefficient (Wildman–Crippen LogP) is 4.44. The molecule has 0 amide bonds. The zero-order valence-corrected chi connectivity index (χ0v) is 11.0. The molecule has 2 rings (SSSR count). The molecule has 1 aliphatic rings. The largest absolute Gasteiger partial charge is 0.142 e. The fourth-order valence-corrected chi connectivity index (χ4v) is 4.93. The number of hydrogen-bond donors (Lipinski definition) is 0. The number of hydrogen-bond acceptors (Lipinski definition) is 3. The molecule has 0 spiro atoms. The van der Waals surface area contributed by atoms with Crippen LogP contribution in [0.15, 0.2) is 41.8 Å². The van der Waals surface area contributed by atoms with E-state index in [1.165, 1.54) is 22.0 Å². The lowest BCUT2D eigenvalue weighted by Gasteiger charge is -2.08. The summed E-state index contributed by atoms with van der Waals surface area (Å²) in [6.07, 6.45) is 1.95. The topological polar surface area (TPSA) is 0 Å². The molecule has 1 fully saturated rings. The van der Waals surface area contributed by atoms with Crippen molar-refractivity contribution in [3.05, 3.63) is 42.5 Å². The second-order valence-corrected chi connectivity index (χ2v) is 7.06. The summed E-state index contributed by atoms with van der Waals surface area (Å²) in [6, 6.07) is 8.98. The van der Waals surface area contributed by atoms with Crippen LogP contribution in [0.1, 0.15) is 10.1 Å². The lowest BCUT2D eigenvalue weighted by molar-refractivity contribution is 1.33. The van der Waals surface area contributed by atoms with Crippen molar-refractivity contribution in [2.75, 3.05) is 17.3 Å². The lowest BCUT2D eigenvalue weighted by atomic mass is 10.2. The first-order chi connectivity index (χ1) is 7.40. The molecule has 0 radical (unpaired) electrons. The van der Waals surface area contributed by atoms with Crippen LogP contribution in [0.25, 0.3) is 0 Å². The van der Waals surface area contributed by atoms with Crippen molar-refractivity contribution < 1.29 is 0 Å². The highest BCUT2D eigenvalue weighted by Crippen LogP contribution is 2.45. The summed E-state index contributed by atoms with van der Waals surface area (Å²) in [5.41, 5.74) is 1.46. The monoisotopic (exact) mass is 254 g/mol. The molecule has 0 aliphatic carbocycles. The Bertz CT molecular complexity index is 312. The maximum absolute atomic E-state index is 3.73. The van der Waals surface area contributed by atoms with Crippen LogP contribution in [0, 0.1) is 0 Å². The van der Waals surface area contributed by atoms with Gasteiger partial charge >= 0.3 is 0 Å². The maximum Gasteiger partial charge on any atom is 0.0751 e. The molecule has 80 valence electrons. The minimum atomic E-state index is 0.670. The Kier molecular flexibility index (Phi) is 4.54. The molecule has 1 saturated heterocycles. The van der Waals surface area contributed by atoms with E-state index in [9.17, 15) is 0 Å². The molecule has 0 saturated carbocycles. The highest BCUT2D eigenvalue weighted by Gasteiger charge is 2.17. The van der Waals surface area contributed by atoms with Crippen LogP contribution in [-0.4, -0.2) is 17.3 Å². The molecule has 1 heterocycles. The van der Waals surface area contributed by atoms with Gasteiger partial charge in [-0.3, -0.25) is 0 Å². The fourth-order valence-electron chi connectivity index (χ4n) is 1.43. The van der Waals surface area contributed by atoms with Gasteiger partial charge in [-0.2, -0.15) is 0 Å². The van der Waals surface area contributed by atoms with Gasteiger partial charge in [0, 0.05) is 22.2 Å². The first kappa shape index (κ1) is 11.5. The van der Waals surface area contributed by atoms with E-state index in [0.717, 1.165) is 5.75 Å². The summed E-state index contributed by atoms with van der Waals surface area (Å²) in [5, 5.41) is 0. The number of thioether (sulfide) groups is 3. The van der Waals surface area contributed by atoms with Crippen LogP contribution in [0.4, 0.5) is 0 Å². The second kappa shape index (κ2) is 5.92. The van der Waals surface area contributed by atoms with E-state index >= 15 is 0 Å². The first-order valence-corrected chi connectivity index (χ1v) is 8.05. The Morgan fingerprint density at radius 2 is 1.93 bits per heavy atom. The smallest absolute Gasteiger partial charge is 0.0751 e. The molecule has 1 aromatic rings. The lowest BCUT2D eigenvalue weighted by Crippen LogP contribution is -1.84. The molecule has 0 aromatic heterocycles. The van der Waals surface area contributed by atoms with Crippen molar-refractivity contribution in [1.29, 1.82) is 0 Å². The fraction of sp³-hybridized carbons (Fsp3) is 0.333. The van der Waals surface area contributed by atoms with E-state index in [-0.39, 0.29) is 0 Å². The first-order valence-electron chi connectivity index (χ1n) is 4.97. The molecular weight excluding hydrogens is 240 g/mol. The number of rotatable bonds is 4. The summed E-state index contributed by atoms with van der Waals surface area (Å²) in [5.74, 6) is 3.58. The van der Waals surface area contributed by atoms with E-state index in [1.807, 2.05) is 17.8 Å².